The topological polar surface area (TPSA) is 37.3 Å². The number of rotatable bonds is 0. The lowest BCUT2D eigenvalue weighted by Crippen LogP contribution is -1.85. The van der Waals surface area contributed by atoms with E-state index in [9.17, 15) is 0 Å². The minimum absolute atomic E-state index is 0.250. The molecule has 2 nitrogen and oxygen atoms in total. The van der Waals surface area contributed by atoms with Crippen LogP contribution >= 0.6 is 0 Å². The highest BCUT2D eigenvalue weighted by atomic mass is 16.3. The van der Waals surface area contributed by atoms with E-state index in [1.165, 1.54) is 77.0 Å². The lowest BCUT2D eigenvalue weighted by molar-refractivity contribution is -0.122. The molecule has 0 unspecified atom stereocenters. The molecule has 0 aromatic rings. The summed E-state index contributed by atoms with van der Waals surface area (Å²) in [7, 11) is 0. The van der Waals surface area contributed by atoms with Crippen LogP contribution in [0.3, 0.4) is 0 Å². The van der Waals surface area contributed by atoms with Gasteiger partial charge in [-0.1, -0.05) is 77.0 Å². The fourth-order valence-electron chi connectivity index (χ4n) is 2.12. The van der Waals surface area contributed by atoms with Crippen LogP contribution in [-0.2, 0) is 4.79 Å². The van der Waals surface area contributed by atoms with Crippen LogP contribution in [0.2, 0.25) is 0 Å². The number of carboxylic acid groups (broad SMARTS) is 1. The normalized spacial score (nSPS) is 20.0. The molecule has 0 spiro atoms. The molecule has 15 heavy (non-hydrogen) atoms. The summed E-state index contributed by atoms with van der Waals surface area (Å²) in [6.07, 6.45) is 18.0. The van der Waals surface area contributed by atoms with E-state index in [4.69, 9.17) is 9.90 Å². The van der Waals surface area contributed by atoms with E-state index in [2.05, 4.69) is 0 Å². The predicted octanol–water partition coefficient (Wildman–Crippen LogP) is 4.38. The van der Waals surface area contributed by atoms with Gasteiger partial charge in [-0.05, 0) is 0 Å². The Labute approximate surface area is 94.1 Å². The number of hydrogen-bond donors (Lipinski definition) is 1. The third-order valence-electron chi connectivity index (χ3n) is 3.00. The van der Waals surface area contributed by atoms with E-state index in [-0.39, 0.29) is 6.47 Å². The summed E-state index contributed by atoms with van der Waals surface area (Å²) in [5.74, 6) is 0. The largest absolute Gasteiger partial charge is 0.483 e. The summed E-state index contributed by atoms with van der Waals surface area (Å²) >= 11 is 0. The fourth-order valence-corrected chi connectivity index (χ4v) is 2.12. The first-order valence-electron chi connectivity index (χ1n) is 6.49. The van der Waals surface area contributed by atoms with Crippen molar-refractivity contribution in [2.24, 2.45) is 0 Å². The van der Waals surface area contributed by atoms with Crippen LogP contribution in [0.5, 0.6) is 0 Å². The van der Waals surface area contributed by atoms with Gasteiger partial charge in [0.15, 0.2) is 0 Å². The fraction of sp³-hybridized carbons (Fsp3) is 0.923. The molecule has 0 bridgehead atoms. The number of carbonyl (C=O) groups is 1. The van der Waals surface area contributed by atoms with Gasteiger partial charge in [-0.3, -0.25) is 4.79 Å². The molecule has 2 aliphatic carbocycles. The Kier molecular flexibility index (Phi) is 13.0. The van der Waals surface area contributed by atoms with Crippen molar-refractivity contribution in [1.82, 2.24) is 0 Å². The van der Waals surface area contributed by atoms with Gasteiger partial charge in [-0.15, -0.1) is 0 Å². The summed E-state index contributed by atoms with van der Waals surface area (Å²) < 4.78 is 0. The molecular formula is C13H26O2. The van der Waals surface area contributed by atoms with Crippen molar-refractivity contribution in [3.8, 4) is 0 Å². The first-order valence-corrected chi connectivity index (χ1v) is 6.49. The Hall–Kier alpha value is -0.530. The summed E-state index contributed by atoms with van der Waals surface area (Å²) in [6, 6.07) is 0. The Morgan fingerprint density at radius 3 is 0.667 bits per heavy atom. The van der Waals surface area contributed by atoms with Crippen LogP contribution in [0.25, 0.3) is 0 Å². The van der Waals surface area contributed by atoms with Crippen molar-refractivity contribution in [3.63, 3.8) is 0 Å². The van der Waals surface area contributed by atoms with Gasteiger partial charge in [0.25, 0.3) is 6.47 Å². The zero-order chi connectivity index (χ0) is 11.2. The van der Waals surface area contributed by atoms with Crippen molar-refractivity contribution in [2.45, 2.75) is 77.0 Å². The highest BCUT2D eigenvalue weighted by Gasteiger charge is 1.96. The Balaban J connectivity index is 0.000000210. The van der Waals surface area contributed by atoms with Crippen LogP contribution in [0, 0.1) is 0 Å². The van der Waals surface area contributed by atoms with Crippen LogP contribution in [0.15, 0.2) is 0 Å². The van der Waals surface area contributed by atoms with Gasteiger partial charge < -0.3 is 5.11 Å². The molecule has 0 aromatic carbocycles. The molecule has 2 saturated carbocycles. The monoisotopic (exact) mass is 214 g/mol. The quantitative estimate of drug-likeness (QED) is 0.607. The summed E-state index contributed by atoms with van der Waals surface area (Å²) in [5.41, 5.74) is 0. The van der Waals surface area contributed by atoms with Gasteiger partial charge in [0, 0.05) is 0 Å². The third-order valence-corrected chi connectivity index (χ3v) is 3.00. The van der Waals surface area contributed by atoms with Crippen LogP contribution in [-0.4, -0.2) is 11.6 Å². The molecule has 0 atom stereocenters. The van der Waals surface area contributed by atoms with Crippen LogP contribution in [0.1, 0.15) is 77.0 Å². The molecule has 90 valence electrons. The van der Waals surface area contributed by atoms with Crippen LogP contribution in [0.4, 0.5) is 0 Å². The van der Waals surface area contributed by atoms with Gasteiger partial charge in [0.05, 0.1) is 0 Å². The Morgan fingerprint density at radius 2 is 0.600 bits per heavy atom. The standard InChI is InChI=1S/2C6H12.CH2O2/c2*1-2-4-6-5-3-1;2-1-3/h2*1-6H2;1H,(H,2,3). The van der Waals surface area contributed by atoms with E-state index in [1.807, 2.05) is 0 Å². The molecule has 2 rings (SSSR count). The maximum absolute atomic E-state index is 8.36. The zero-order valence-electron chi connectivity index (χ0n) is 9.92. The minimum Gasteiger partial charge on any atom is -0.483 e. The highest BCUT2D eigenvalue weighted by molar-refractivity contribution is 5.32. The van der Waals surface area contributed by atoms with E-state index in [0.717, 1.165) is 0 Å². The molecule has 0 amide bonds. The first-order chi connectivity index (χ1) is 7.41. The molecule has 0 saturated heterocycles. The molecule has 0 radical (unpaired) electrons. The van der Waals surface area contributed by atoms with Crippen molar-refractivity contribution in [2.75, 3.05) is 0 Å². The zero-order valence-corrected chi connectivity index (χ0v) is 9.92. The summed E-state index contributed by atoms with van der Waals surface area (Å²) in [4.78, 5) is 8.36. The SMILES string of the molecule is C1CCCCC1.C1CCCCC1.O=CO. The molecule has 2 aliphatic rings. The maximum Gasteiger partial charge on any atom is 0.290 e. The second kappa shape index (κ2) is 13.5. The molecular weight excluding hydrogens is 188 g/mol. The minimum atomic E-state index is -0.250. The first kappa shape index (κ1) is 14.5. The van der Waals surface area contributed by atoms with Gasteiger partial charge in [-0.2, -0.15) is 0 Å². The van der Waals surface area contributed by atoms with Crippen molar-refractivity contribution in [1.29, 1.82) is 0 Å². The molecule has 2 heteroatoms. The second-order valence-electron chi connectivity index (χ2n) is 4.35. The van der Waals surface area contributed by atoms with Crippen molar-refractivity contribution in [3.05, 3.63) is 0 Å². The number of hydrogen-bond acceptors (Lipinski definition) is 1. The molecule has 0 aliphatic heterocycles. The average molecular weight is 214 g/mol. The van der Waals surface area contributed by atoms with Gasteiger partial charge in [0.1, 0.15) is 0 Å². The predicted molar refractivity (Wildman–Crippen MR) is 64.1 cm³/mol. The Bertz CT molecular complexity index is 80.7. The van der Waals surface area contributed by atoms with Crippen molar-refractivity contribution < 1.29 is 9.90 Å². The van der Waals surface area contributed by atoms with Gasteiger partial charge >= 0.3 is 0 Å². The molecule has 1 N–H and O–H groups in total. The van der Waals surface area contributed by atoms with E-state index < -0.39 is 0 Å². The van der Waals surface area contributed by atoms with E-state index in [0.29, 0.717) is 0 Å². The maximum atomic E-state index is 8.36. The smallest absolute Gasteiger partial charge is 0.290 e. The van der Waals surface area contributed by atoms with Crippen LogP contribution < -0.4 is 0 Å². The van der Waals surface area contributed by atoms with Crippen molar-refractivity contribution >= 4 is 6.47 Å². The second-order valence-corrected chi connectivity index (χ2v) is 4.35. The van der Waals surface area contributed by atoms with Gasteiger partial charge in [0.2, 0.25) is 0 Å². The lowest BCUT2D eigenvalue weighted by atomic mass is 10.0. The Morgan fingerprint density at radius 1 is 0.533 bits per heavy atom. The highest BCUT2D eigenvalue weighted by Crippen LogP contribution is 2.15. The molecule has 0 heterocycles. The van der Waals surface area contributed by atoms with Gasteiger partial charge in [-0.25, -0.2) is 0 Å². The third kappa shape index (κ3) is 13.5. The summed E-state index contributed by atoms with van der Waals surface area (Å²) in [6.45, 7) is -0.250. The summed E-state index contributed by atoms with van der Waals surface area (Å²) in [5, 5.41) is 6.89. The van der Waals surface area contributed by atoms with E-state index in [1.54, 1.807) is 0 Å². The molecule has 0 aromatic heterocycles. The van der Waals surface area contributed by atoms with E-state index >= 15 is 0 Å². The average Bonchev–Trinajstić information content (AvgIpc) is 2.35. The lowest BCUT2D eigenvalue weighted by Gasteiger charge is -2.05. The molecule has 2 fully saturated rings.